The molecule has 0 radical (unpaired) electrons. The first-order valence-electron chi connectivity index (χ1n) is 6.59. The highest BCUT2D eigenvalue weighted by molar-refractivity contribution is 5.97. The Bertz CT molecular complexity index is 378. The summed E-state index contributed by atoms with van der Waals surface area (Å²) in [7, 11) is 0. The molecule has 0 bridgehead atoms. The Morgan fingerprint density at radius 2 is 2.12 bits per heavy atom. The van der Waals surface area contributed by atoms with Crippen LogP contribution >= 0.6 is 0 Å². The predicted octanol–water partition coefficient (Wildman–Crippen LogP) is 3.10. The number of carbonyl (C=O) groups excluding carboxylic acids is 1. The summed E-state index contributed by atoms with van der Waals surface area (Å²) < 4.78 is 0. The van der Waals surface area contributed by atoms with Gasteiger partial charge >= 0.3 is 0 Å². The Hall–Kier alpha value is -1.15. The number of nitrogens with one attached hydrogen (secondary N) is 1. The van der Waals surface area contributed by atoms with Crippen LogP contribution in [0.2, 0.25) is 0 Å². The number of ketones is 1. The zero-order valence-electron chi connectivity index (χ0n) is 10.5. The molecule has 1 aliphatic rings. The maximum atomic E-state index is 12.2. The van der Waals surface area contributed by atoms with Crippen LogP contribution in [0.3, 0.4) is 0 Å². The van der Waals surface area contributed by atoms with Gasteiger partial charge < -0.3 is 5.32 Å². The van der Waals surface area contributed by atoms with Gasteiger partial charge in [0, 0.05) is 18.0 Å². The number of benzene rings is 1. The molecule has 1 heterocycles. The monoisotopic (exact) mass is 231 g/mol. The Balaban J connectivity index is 1.98. The minimum atomic E-state index is 0.280. The van der Waals surface area contributed by atoms with Crippen molar-refractivity contribution in [2.24, 2.45) is 0 Å². The first kappa shape index (κ1) is 12.3. The van der Waals surface area contributed by atoms with E-state index >= 15 is 0 Å². The third-order valence-corrected chi connectivity index (χ3v) is 3.54. The van der Waals surface area contributed by atoms with Crippen molar-refractivity contribution in [2.75, 3.05) is 6.54 Å². The van der Waals surface area contributed by atoms with Crippen LogP contribution in [-0.4, -0.2) is 18.4 Å². The molecule has 1 N–H and O–H groups in total. The Morgan fingerprint density at radius 3 is 2.94 bits per heavy atom. The van der Waals surface area contributed by atoms with Crippen LogP contribution in [0.4, 0.5) is 0 Å². The van der Waals surface area contributed by atoms with Crippen molar-refractivity contribution < 1.29 is 4.79 Å². The summed E-state index contributed by atoms with van der Waals surface area (Å²) >= 11 is 0. The van der Waals surface area contributed by atoms with E-state index < -0.39 is 0 Å². The van der Waals surface area contributed by atoms with Crippen LogP contribution in [0, 0.1) is 6.92 Å². The van der Waals surface area contributed by atoms with Gasteiger partial charge in [-0.15, -0.1) is 0 Å². The lowest BCUT2D eigenvalue weighted by Crippen LogP contribution is -2.30. The van der Waals surface area contributed by atoms with Crippen molar-refractivity contribution in [3.8, 4) is 0 Å². The second kappa shape index (κ2) is 5.97. The first-order chi connectivity index (χ1) is 8.27. The first-order valence-corrected chi connectivity index (χ1v) is 6.59. The van der Waals surface area contributed by atoms with E-state index in [9.17, 15) is 4.79 Å². The van der Waals surface area contributed by atoms with Crippen molar-refractivity contribution in [1.82, 2.24) is 5.32 Å². The van der Waals surface area contributed by atoms with Gasteiger partial charge in [0.25, 0.3) is 0 Å². The summed E-state index contributed by atoms with van der Waals surface area (Å²) in [5.41, 5.74) is 1.98. The third kappa shape index (κ3) is 3.40. The number of rotatable bonds is 3. The zero-order chi connectivity index (χ0) is 12.1. The summed E-state index contributed by atoms with van der Waals surface area (Å²) in [6.07, 6.45) is 5.57. The molecular formula is C15H21NO. The summed E-state index contributed by atoms with van der Waals surface area (Å²) in [6.45, 7) is 3.07. The van der Waals surface area contributed by atoms with Crippen molar-refractivity contribution in [3.63, 3.8) is 0 Å². The lowest BCUT2D eigenvalue weighted by molar-refractivity contribution is 0.0967. The molecule has 0 saturated carbocycles. The molecule has 1 aromatic carbocycles. The smallest absolute Gasteiger partial charge is 0.164 e. The van der Waals surface area contributed by atoms with Crippen molar-refractivity contribution >= 4 is 5.78 Å². The second-order valence-corrected chi connectivity index (χ2v) is 4.94. The van der Waals surface area contributed by atoms with Crippen LogP contribution in [0.15, 0.2) is 24.3 Å². The number of hydrogen-bond donors (Lipinski definition) is 1. The molecule has 1 aromatic rings. The van der Waals surface area contributed by atoms with Gasteiger partial charge in [-0.3, -0.25) is 4.79 Å². The average molecular weight is 231 g/mol. The van der Waals surface area contributed by atoms with Gasteiger partial charge in [0.05, 0.1) is 0 Å². The van der Waals surface area contributed by atoms with E-state index in [2.05, 4.69) is 5.32 Å². The van der Waals surface area contributed by atoms with E-state index in [4.69, 9.17) is 0 Å². The number of carbonyl (C=O) groups is 1. The molecule has 0 amide bonds. The van der Waals surface area contributed by atoms with E-state index in [1.807, 2.05) is 31.2 Å². The van der Waals surface area contributed by atoms with Gasteiger partial charge in [0.15, 0.2) is 5.78 Å². The van der Waals surface area contributed by atoms with Gasteiger partial charge in [-0.25, -0.2) is 0 Å². The SMILES string of the molecule is Cc1ccccc1C(=O)CC1CCCCCN1. The number of hydrogen-bond acceptors (Lipinski definition) is 2. The minimum Gasteiger partial charge on any atom is -0.314 e. The standard InChI is InChI=1S/C15H21NO/c1-12-7-4-5-9-14(12)15(17)11-13-8-3-2-6-10-16-13/h4-5,7,9,13,16H,2-3,6,8,10-11H2,1H3. The lowest BCUT2D eigenvalue weighted by atomic mass is 9.97. The fourth-order valence-corrected chi connectivity index (χ4v) is 2.49. The summed E-state index contributed by atoms with van der Waals surface area (Å²) in [5.74, 6) is 0.280. The molecule has 17 heavy (non-hydrogen) atoms. The van der Waals surface area contributed by atoms with Gasteiger partial charge in [0.1, 0.15) is 0 Å². The van der Waals surface area contributed by atoms with E-state index in [-0.39, 0.29) is 5.78 Å². The largest absolute Gasteiger partial charge is 0.314 e. The van der Waals surface area contributed by atoms with Gasteiger partial charge in [-0.2, -0.15) is 0 Å². The van der Waals surface area contributed by atoms with Gasteiger partial charge in [0.2, 0.25) is 0 Å². The molecule has 0 aliphatic carbocycles. The van der Waals surface area contributed by atoms with E-state index in [1.165, 1.54) is 19.3 Å². The Kier molecular flexibility index (Phi) is 4.32. The van der Waals surface area contributed by atoms with Crippen LogP contribution in [0.25, 0.3) is 0 Å². The van der Waals surface area contributed by atoms with E-state index in [1.54, 1.807) is 0 Å². The topological polar surface area (TPSA) is 29.1 Å². The summed E-state index contributed by atoms with van der Waals surface area (Å²) in [6, 6.07) is 8.25. The maximum absolute atomic E-state index is 12.2. The molecule has 0 aromatic heterocycles. The van der Waals surface area contributed by atoms with Crippen LogP contribution in [0.5, 0.6) is 0 Å². The molecule has 1 fully saturated rings. The highest BCUT2D eigenvalue weighted by Gasteiger charge is 2.17. The third-order valence-electron chi connectivity index (χ3n) is 3.54. The quantitative estimate of drug-likeness (QED) is 0.810. The van der Waals surface area contributed by atoms with Crippen molar-refractivity contribution in [2.45, 2.75) is 45.1 Å². The molecule has 2 nitrogen and oxygen atoms in total. The van der Waals surface area contributed by atoms with E-state index in [0.717, 1.165) is 24.1 Å². The van der Waals surface area contributed by atoms with Crippen LogP contribution in [0.1, 0.15) is 48.0 Å². The summed E-state index contributed by atoms with van der Waals surface area (Å²) in [5, 5.41) is 3.48. The zero-order valence-corrected chi connectivity index (χ0v) is 10.5. The summed E-state index contributed by atoms with van der Waals surface area (Å²) in [4.78, 5) is 12.2. The fraction of sp³-hybridized carbons (Fsp3) is 0.533. The van der Waals surface area contributed by atoms with Crippen molar-refractivity contribution in [1.29, 1.82) is 0 Å². The maximum Gasteiger partial charge on any atom is 0.164 e. The Morgan fingerprint density at radius 1 is 1.29 bits per heavy atom. The molecule has 2 rings (SSSR count). The molecule has 1 atom stereocenters. The molecule has 0 spiro atoms. The van der Waals surface area contributed by atoms with Crippen LogP contribution in [-0.2, 0) is 0 Å². The Labute approximate surface area is 103 Å². The van der Waals surface area contributed by atoms with Crippen molar-refractivity contribution in [3.05, 3.63) is 35.4 Å². The average Bonchev–Trinajstić information content (AvgIpc) is 2.58. The van der Waals surface area contributed by atoms with Gasteiger partial charge in [-0.05, 0) is 31.9 Å². The molecule has 1 aliphatic heterocycles. The van der Waals surface area contributed by atoms with Crippen LogP contribution < -0.4 is 5.32 Å². The molecular weight excluding hydrogens is 210 g/mol. The highest BCUT2D eigenvalue weighted by Crippen LogP contribution is 2.15. The molecule has 1 unspecified atom stereocenters. The predicted molar refractivity (Wildman–Crippen MR) is 70.4 cm³/mol. The number of Topliss-reactive ketones (excluding diaryl/α,β-unsaturated/α-hetero) is 1. The minimum absolute atomic E-state index is 0.280. The number of aryl methyl sites for hydroxylation is 1. The molecule has 1 saturated heterocycles. The lowest BCUT2D eigenvalue weighted by Gasteiger charge is -2.15. The van der Waals surface area contributed by atoms with E-state index in [0.29, 0.717) is 12.5 Å². The highest BCUT2D eigenvalue weighted by atomic mass is 16.1. The second-order valence-electron chi connectivity index (χ2n) is 4.94. The normalized spacial score (nSPS) is 20.9. The molecule has 92 valence electrons. The van der Waals surface area contributed by atoms with Gasteiger partial charge in [-0.1, -0.05) is 37.1 Å². The fourth-order valence-electron chi connectivity index (χ4n) is 2.49. The molecule has 2 heteroatoms.